The fraction of sp³-hybridized carbons (Fsp3) is 0.625. The minimum Gasteiger partial charge on any atom is -0.348 e. The van der Waals surface area contributed by atoms with E-state index in [1.807, 2.05) is 0 Å². The molecule has 100 valence electrons. The van der Waals surface area contributed by atoms with E-state index in [1.54, 1.807) is 0 Å². The number of benzene rings is 1. The van der Waals surface area contributed by atoms with Gasteiger partial charge in [0, 0.05) is 11.0 Å². The molecule has 0 N–H and O–H groups in total. The molecule has 0 saturated carbocycles. The maximum atomic E-state index is 6.17. The summed E-state index contributed by atoms with van der Waals surface area (Å²) in [7, 11) is 0. The predicted octanol–water partition coefficient (Wildman–Crippen LogP) is 4.09. The molecule has 1 heterocycles. The number of hydrogen-bond donors (Lipinski definition) is 0. The SMILES string of the molecule is Cc1ccc([C@H]2OCC(C)(C)[C@@H](C(C)C)O2)cc1. The Balaban J connectivity index is 2.15. The van der Waals surface area contributed by atoms with Gasteiger partial charge in [-0.25, -0.2) is 0 Å². The smallest absolute Gasteiger partial charge is 0.184 e. The second kappa shape index (κ2) is 5.02. The normalized spacial score (nSPS) is 27.4. The highest BCUT2D eigenvalue weighted by Crippen LogP contribution is 2.39. The summed E-state index contributed by atoms with van der Waals surface area (Å²) in [5.41, 5.74) is 2.45. The van der Waals surface area contributed by atoms with E-state index in [0.29, 0.717) is 5.92 Å². The van der Waals surface area contributed by atoms with Crippen molar-refractivity contribution in [3.8, 4) is 0 Å². The zero-order valence-electron chi connectivity index (χ0n) is 12.1. The van der Waals surface area contributed by atoms with Crippen LogP contribution in [0.15, 0.2) is 24.3 Å². The monoisotopic (exact) mass is 248 g/mol. The van der Waals surface area contributed by atoms with Gasteiger partial charge in [0.1, 0.15) is 0 Å². The third-order valence-corrected chi connectivity index (χ3v) is 3.60. The molecule has 0 amide bonds. The fourth-order valence-corrected chi connectivity index (χ4v) is 2.69. The molecule has 0 bridgehead atoms. The quantitative estimate of drug-likeness (QED) is 0.784. The largest absolute Gasteiger partial charge is 0.348 e. The van der Waals surface area contributed by atoms with Crippen molar-refractivity contribution in [3.05, 3.63) is 35.4 Å². The van der Waals surface area contributed by atoms with E-state index in [-0.39, 0.29) is 17.8 Å². The summed E-state index contributed by atoms with van der Waals surface area (Å²) in [6.07, 6.45) is 0.0172. The highest BCUT2D eigenvalue weighted by Gasteiger charge is 2.40. The standard InChI is InChI=1S/C16H24O2/c1-11(2)14-16(4,5)10-17-15(18-14)13-8-6-12(3)7-9-13/h6-9,11,14-15H,10H2,1-5H3/t14-,15+/m1/s1. The average molecular weight is 248 g/mol. The first-order valence-electron chi connectivity index (χ1n) is 6.74. The first-order chi connectivity index (χ1) is 8.40. The van der Waals surface area contributed by atoms with Gasteiger partial charge in [-0.3, -0.25) is 0 Å². The minimum absolute atomic E-state index is 0.0787. The maximum absolute atomic E-state index is 6.17. The summed E-state index contributed by atoms with van der Waals surface area (Å²) in [6.45, 7) is 11.7. The molecule has 2 heteroatoms. The highest BCUT2D eigenvalue weighted by molar-refractivity contribution is 5.22. The second-order valence-electron chi connectivity index (χ2n) is 6.34. The Hall–Kier alpha value is -0.860. The van der Waals surface area contributed by atoms with Gasteiger partial charge in [0.15, 0.2) is 6.29 Å². The molecule has 18 heavy (non-hydrogen) atoms. The molecule has 0 unspecified atom stereocenters. The number of ether oxygens (including phenoxy) is 2. The van der Waals surface area contributed by atoms with Crippen molar-refractivity contribution < 1.29 is 9.47 Å². The summed E-state index contributed by atoms with van der Waals surface area (Å²) >= 11 is 0. The lowest BCUT2D eigenvalue weighted by Crippen LogP contribution is -2.45. The van der Waals surface area contributed by atoms with Crippen LogP contribution >= 0.6 is 0 Å². The highest BCUT2D eigenvalue weighted by atomic mass is 16.7. The Bertz CT molecular complexity index is 392. The van der Waals surface area contributed by atoms with E-state index < -0.39 is 0 Å². The van der Waals surface area contributed by atoms with E-state index in [2.05, 4.69) is 58.9 Å². The van der Waals surface area contributed by atoms with Crippen LogP contribution in [0, 0.1) is 18.3 Å². The van der Waals surface area contributed by atoms with Crippen LogP contribution in [0.5, 0.6) is 0 Å². The lowest BCUT2D eigenvalue weighted by Gasteiger charge is -2.44. The van der Waals surface area contributed by atoms with Crippen molar-refractivity contribution in [2.24, 2.45) is 11.3 Å². The molecule has 0 aromatic heterocycles. The molecule has 1 aromatic carbocycles. The van der Waals surface area contributed by atoms with Crippen LogP contribution in [0.4, 0.5) is 0 Å². The lowest BCUT2D eigenvalue weighted by atomic mass is 9.80. The fourth-order valence-electron chi connectivity index (χ4n) is 2.69. The molecule has 2 nitrogen and oxygen atoms in total. The van der Waals surface area contributed by atoms with Crippen LogP contribution in [-0.4, -0.2) is 12.7 Å². The van der Waals surface area contributed by atoms with Crippen LogP contribution < -0.4 is 0 Å². The molecular weight excluding hydrogens is 224 g/mol. The summed E-state index contributed by atoms with van der Waals surface area (Å²) in [4.78, 5) is 0. The van der Waals surface area contributed by atoms with Crippen molar-refractivity contribution in [2.45, 2.75) is 47.0 Å². The molecule has 2 rings (SSSR count). The summed E-state index contributed by atoms with van der Waals surface area (Å²) < 4.78 is 12.0. The Morgan fingerprint density at radius 3 is 2.33 bits per heavy atom. The molecular formula is C16H24O2. The van der Waals surface area contributed by atoms with Crippen molar-refractivity contribution >= 4 is 0 Å². The zero-order valence-corrected chi connectivity index (χ0v) is 12.1. The van der Waals surface area contributed by atoms with Crippen molar-refractivity contribution in [1.82, 2.24) is 0 Å². The molecule has 0 spiro atoms. The van der Waals surface area contributed by atoms with Gasteiger partial charge in [-0.2, -0.15) is 0 Å². The topological polar surface area (TPSA) is 18.5 Å². The molecule has 2 atom stereocenters. The van der Waals surface area contributed by atoms with Gasteiger partial charge in [0.05, 0.1) is 12.7 Å². The maximum Gasteiger partial charge on any atom is 0.184 e. The van der Waals surface area contributed by atoms with E-state index >= 15 is 0 Å². The van der Waals surface area contributed by atoms with E-state index in [1.165, 1.54) is 5.56 Å². The van der Waals surface area contributed by atoms with Crippen molar-refractivity contribution in [3.63, 3.8) is 0 Å². The first kappa shape index (κ1) is 13.6. The number of aryl methyl sites for hydroxylation is 1. The van der Waals surface area contributed by atoms with Gasteiger partial charge in [-0.05, 0) is 12.8 Å². The van der Waals surface area contributed by atoms with Gasteiger partial charge in [0.25, 0.3) is 0 Å². The summed E-state index contributed by atoms with van der Waals surface area (Å²) in [5.74, 6) is 0.497. The molecule has 0 aliphatic carbocycles. The Labute approximate surface area is 110 Å². The zero-order chi connectivity index (χ0) is 13.3. The predicted molar refractivity (Wildman–Crippen MR) is 73.4 cm³/mol. The van der Waals surface area contributed by atoms with Gasteiger partial charge in [-0.1, -0.05) is 57.5 Å². The van der Waals surface area contributed by atoms with Gasteiger partial charge >= 0.3 is 0 Å². The summed E-state index contributed by atoms with van der Waals surface area (Å²) in [6, 6.07) is 8.39. The number of hydrogen-bond acceptors (Lipinski definition) is 2. The third-order valence-electron chi connectivity index (χ3n) is 3.60. The average Bonchev–Trinajstić information content (AvgIpc) is 2.29. The van der Waals surface area contributed by atoms with Crippen LogP contribution in [0.3, 0.4) is 0 Å². The van der Waals surface area contributed by atoms with Crippen LogP contribution in [0.2, 0.25) is 0 Å². The Kier molecular flexibility index (Phi) is 3.79. The Morgan fingerprint density at radius 1 is 1.17 bits per heavy atom. The molecule has 1 aliphatic heterocycles. The second-order valence-corrected chi connectivity index (χ2v) is 6.34. The molecule has 1 aliphatic rings. The van der Waals surface area contributed by atoms with Crippen LogP contribution in [-0.2, 0) is 9.47 Å². The van der Waals surface area contributed by atoms with E-state index in [4.69, 9.17) is 9.47 Å². The van der Waals surface area contributed by atoms with Crippen LogP contribution in [0.1, 0.15) is 45.1 Å². The van der Waals surface area contributed by atoms with Crippen molar-refractivity contribution in [1.29, 1.82) is 0 Å². The molecule has 1 aromatic rings. The van der Waals surface area contributed by atoms with Gasteiger partial charge in [0.2, 0.25) is 0 Å². The number of rotatable bonds is 2. The third kappa shape index (κ3) is 2.76. The first-order valence-corrected chi connectivity index (χ1v) is 6.74. The molecule has 1 fully saturated rings. The molecule has 0 radical (unpaired) electrons. The van der Waals surface area contributed by atoms with E-state index in [0.717, 1.165) is 12.2 Å². The van der Waals surface area contributed by atoms with Crippen LogP contribution in [0.25, 0.3) is 0 Å². The summed E-state index contributed by atoms with van der Waals surface area (Å²) in [5, 5.41) is 0. The Morgan fingerprint density at radius 2 is 1.78 bits per heavy atom. The lowest BCUT2D eigenvalue weighted by molar-refractivity contribution is -0.274. The minimum atomic E-state index is -0.217. The van der Waals surface area contributed by atoms with Gasteiger partial charge < -0.3 is 9.47 Å². The molecule has 1 saturated heterocycles. The van der Waals surface area contributed by atoms with Gasteiger partial charge in [-0.15, -0.1) is 0 Å². The van der Waals surface area contributed by atoms with E-state index in [9.17, 15) is 0 Å². The van der Waals surface area contributed by atoms with Crippen molar-refractivity contribution in [2.75, 3.05) is 6.61 Å².